The fourth-order valence-corrected chi connectivity index (χ4v) is 0.665. The molecule has 1 N–H and O–H groups in total. The molecule has 8 heavy (non-hydrogen) atoms. The summed E-state index contributed by atoms with van der Waals surface area (Å²) in [6, 6.07) is 0. The second kappa shape index (κ2) is 2.23. The van der Waals surface area contributed by atoms with Crippen LogP contribution in [0.15, 0.2) is 5.38 Å². The van der Waals surface area contributed by atoms with Gasteiger partial charge in [-0.2, -0.15) is 5.26 Å². The lowest BCUT2D eigenvalue weighted by atomic mass is 10.8. The van der Waals surface area contributed by atoms with E-state index in [2.05, 4.69) is 14.9 Å². The molecule has 0 amide bonds. The van der Waals surface area contributed by atoms with Crippen LogP contribution >= 0.6 is 11.5 Å². The van der Waals surface area contributed by atoms with Crippen LogP contribution in [-0.2, 0) is 0 Å². The Labute approximate surface area is 49.9 Å². The van der Waals surface area contributed by atoms with Crippen molar-refractivity contribution in [1.82, 2.24) is 9.59 Å². The third kappa shape index (κ3) is 0.918. The van der Waals surface area contributed by atoms with Crippen molar-refractivity contribution in [3.8, 4) is 6.19 Å². The highest BCUT2D eigenvalue weighted by Gasteiger charge is 1.88. The maximum Gasteiger partial charge on any atom is 0.182 e. The molecule has 0 fully saturated rings. The first-order valence-electron chi connectivity index (χ1n) is 1.85. The molecular weight excluding hydrogens is 124 g/mol. The zero-order valence-corrected chi connectivity index (χ0v) is 4.64. The predicted octanol–water partition coefficient (Wildman–Crippen LogP) is 0.431. The Bertz CT molecular complexity index is 186. The van der Waals surface area contributed by atoms with Gasteiger partial charge in [-0.15, -0.1) is 5.10 Å². The van der Waals surface area contributed by atoms with Gasteiger partial charge >= 0.3 is 0 Å². The lowest BCUT2D eigenvalue weighted by Gasteiger charge is -1.78. The molecule has 4 nitrogen and oxygen atoms in total. The van der Waals surface area contributed by atoms with E-state index in [1.807, 2.05) is 0 Å². The fourth-order valence-electron chi connectivity index (χ4n) is 0.276. The van der Waals surface area contributed by atoms with Crippen LogP contribution in [-0.4, -0.2) is 9.59 Å². The highest BCUT2D eigenvalue weighted by molar-refractivity contribution is 7.03. The number of nitriles is 1. The van der Waals surface area contributed by atoms with E-state index >= 15 is 0 Å². The summed E-state index contributed by atoms with van der Waals surface area (Å²) in [5.74, 6) is 0.512. The smallest absolute Gasteiger partial charge is 0.182 e. The largest absolute Gasteiger partial charge is 0.275 e. The highest BCUT2D eigenvalue weighted by Crippen LogP contribution is 2.00. The molecule has 0 atom stereocenters. The third-order valence-electron chi connectivity index (χ3n) is 0.544. The Morgan fingerprint density at radius 1 is 1.88 bits per heavy atom. The van der Waals surface area contributed by atoms with Gasteiger partial charge in [-0.1, -0.05) is 4.49 Å². The van der Waals surface area contributed by atoms with Crippen molar-refractivity contribution in [2.24, 2.45) is 0 Å². The lowest BCUT2D eigenvalue weighted by Crippen LogP contribution is -1.85. The minimum absolute atomic E-state index is 0.512. The number of nitrogens with zero attached hydrogens (tertiary/aromatic N) is 3. The van der Waals surface area contributed by atoms with Gasteiger partial charge < -0.3 is 0 Å². The van der Waals surface area contributed by atoms with Crippen LogP contribution < -0.4 is 5.32 Å². The van der Waals surface area contributed by atoms with E-state index < -0.39 is 0 Å². The molecule has 0 bridgehead atoms. The Kier molecular flexibility index (Phi) is 1.39. The van der Waals surface area contributed by atoms with Crippen molar-refractivity contribution in [1.29, 1.82) is 5.26 Å². The molecule has 1 aromatic heterocycles. The molecular formula is C3H2N4S. The van der Waals surface area contributed by atoms with E-state index in [0.717, 1.165) is 0 Å². The Morgan fingerprint density at radius 2 is 2.75 bits per heavy atom. The van der Waals surface area contributed by atoms with Crippen molar-refractivity contribution < 1.29 is 0 Å². The van der Waals surface area contributed by atoms with Crippen molar-refractivity contribution in [3.05, 3.63) is 5.38 Å². The zero-order chi connectivity index (χ0) is 5.82. The van der Waals surface area contributed by atoms with Gasteiger partial charge in [-0.25, -0.2) is 0 Å². The Hall–Kier alpha value is -1.15. The summed E-state index contributed by atoms with van der Waals surface area (Å²) in [5.41, 5.74) is 0. The van der Waals surface area contributed by atoms with E-state index in [0.29, 0.717) is 5.82 Å². The minimum Gasteiger partial charge on any atom is -0.275 e. The van der Waals surface area contributed by atoms with Gasteiger partial charge in [0, 0.05) is 0 Å². The van der Waals surface area contributed by atoms with Gasteiger partial charge in [0.15, 0.2) is 12.0 Å². The maximum atomic E-state index is 8.01. The average Bonchev–Trinajstić information content (AvgIpc) is 2.19. The Morgan fingerprint density at radius 3 is 3.25 bits per heavy atom. The summed E-state index contributed by atoms with van der Waals surface area (Å²) < 4.78 is 3.52. The van der Waals surface area contributed by atoms with E-state index in [1.165, 1.54) is 11.5 Å². The highest BCUT2D eigenvalue weighted by atomic mass is 32.1. The van der Waals surface area contributed by atoms with Crippen molar-refractivity contribution in [2.75, 3.05) is 5.32 Å². The molecule has 0 aliphatic rings. The van der Waals surface area contributed by atoms with E-state index in [-0.39, 0.29) is 0 Å². The number of rotatable bonds is 1. The molecule has 1 aromatic rings. The minimum atomic E-state index is 0.512. The maximum absolute atomic E-state index is 8.01. The summed E-state index contributed by atoms with van der Waals surface area (Å²) in [7, 11) is 0. The Balaban J connectivity index is 2.67. The molecule has 0 aliphatic carbocycles. The van der Waals surface area contributed by atoms with E-state index in [9.17, 15) is 0 Å². The molecule has 5 heteroatoms. The van der Waals surface area contributed by atoms with Crippen molar-refractivity contribution >= 4 is 17.4 Å². The number of hydrogen-bond acceptors (Lipinski definition) is 5. The predicted molar refractivity (Wildman–Crippen MR) is 29.1 cm³/mol. The molecule has 40 valence electrons. The number of aromatic nitrogens is 2. The van der Waals surface area contributed by atoms with Crippen LogP contribution in [0.25, 0.3) is 0 Å². The number of hydrogen-bond donors (Lipinski definition) is 1. The second-order valence-electron chi connectivity index (χ2n) is 1.03. The molecule has 0 spiro atoms. The van der Waals surface area contributed by atoms with Crippen LogP contribution in [0, 0.1) is 11.5 Å². The molecule has 0 unspecified atom stereocenters. The molecule has 1 rings (SSSR count). The van der Waals surface area contributed by atoms with Gasteiger partial charge in [0.25, 0.3) is 0 Å². The molecule has 0 aromatic carbocycles. The first-order chi connectivity index (χ1) is 3.93. The van der Waals surface area contributed by atoms with Gasteiger partial charge in [0.05, 0.1) is 5.38 Å². The number of nitrogens with one attached hydrogen (secondary N) is 1. The van der Waals surface area contributed by atoms with Gasteiger partial charge in [-0.05, 0) is 11.5 Å². The third-order valence-corrected chi connectivity index (χ3v) is 1.05. The zero-order valence-electron chi connectivity index (χ0n) is 3.83. The van der Waals surface area contributed by atoms with Crippen LogP contribution in [0.2, 0.25) is 0 Å². The average molecular weight is 126 g/mol. The first-order valence-corrected chi connectivity index (χ1v) is 2.69. The summed E-state index contributed by atoms with van der Waals surface area (Å²) in [5, 5.41) is 15.5. The van der Waals surface area contributed by atoms with E-state index in [1.54, 1.807) is 11.6 Å². The topological polar surface area (TPSA) is 61.6 Å². The molecule has 0 saturated carbocycles. The molecule has 0 radical (unpaired) electrons. The quantitative estimate of drug-likeness (QED) is 0.438. The summed E-state index contributed by atoms with van der Waals surface area (Å²) in [6.45, 7) is 0. The second-order valence-corrected chi connectivity index (χ2v) is 1.64. The van der Waals surface area contributed by atoms with Gasteiger partial charge in [-0.3, -0.25) is 5.32 Å². The lowest BCUT2D eigenvalue weighted by molar-refractivity contribution is 1.16. The molecule has 1 heterocycles. The monoisotopic (exact) mass is 126 g/mol. The summed E-state index contributed by atoms with van der Waals surface area (Å²) >= 11 is 1.20. The van der Waals surface area contributed by atoms with E-state index in [4.69, 9.17) is 5.26 Å². The van der Waals surface area contributed by atoms with Crippen LogP contribution in [0.5, 0.6) is 0 Å². The SMILES string of the molecule is N#CNc1csnn1. The normalized spacial score (nSPS) is 7.88. The fraction of sp³-hybridized carbons (Fsp3) is 0. The van der Waals surface area contributed by atoms with Crippen LogP contribution in [0.3, 0.4) is 0 Å². The number of anilines is 1. The first kappa shape index (κ1) is 5.00. The van der Waals surface area contributed by atoms with Crippen LogP contribution in [0.4, 0.5) is 5.82 Å². The van der Waals surface area contributed by atoms with Gasteiger partial charge in [0.2, 0.25) is 0 Å². The van der Waals surface area contributed by atoms with Crippen molar-refractivity contribution in [3.63, 3.8) is 0 Å². The standard InChI is InChI=1S/C3H2N4S/c4-2-5-3-1-8-7-6-3/h1,5H. The molecule has 0 saturated heterocycles. The van der Waals surface area contributed by atoms with Crippen molar-refractivity contribution in [2.45, 2.75) is 0 Å². The summed E-state index contributed by atoms with van der Waals surface area (Å²) in [4.78, 5) is 0. The van der Waals surface area contributed by atoms with Crippen LogP contribution in [0.1, 0.15) is 0 Å². The summed E-state index contributed by atoms with van der Waals surface area (Å²) in [6.07, 6.45) is 1.72. The molecule has 0 aliphatic heterocycles. The van der Waals surface area contributed by atoms with Gasteiger partial charge in [0.1, 0.15) is 0 Å².